The molecule has 0 aromatic rings. The van der Waals surface area contributed by atoms with Gasteiger partial charge in [0, 0.05) is 13.0 Å². The molecule has 0 amide bonds. The van der Waals surface area contributed by atoms with Gasteiger partial charge in [-0.05, 0) is 32.6 Å². The number of nitrogens with two attached hydrogens (primary N) is 1. The quantitative estimate of drug-likeness (QED) is 0.457. The van der Waals surface area contributed by atoms with Crippen LogP contribution in [0.25, 0.3) is 0 Å². The molecule has 3 nitrogen and oxygen atoms in total. The first kappa shape index (κ1) is 17.2. The Kier molecular flexibility index (Phi) is 9.38. The third-order valence-corrected chi connectivity index (χ3v) is 3.85. The number of amidine groups is 1. The highest BCUT2D eigenvalue weighted by Gasteiger charge is 2.18. The molecule has 0 spiro atoms. The zero-order chi connectivity index (χ0) is 14.6. The molecule has 0 saturated heterocycles. The largest absolute Gasteiger partial charge is 0.343 e. The van der Waals surface area contributed by atoms with Crippen molar-refractivity contribution in [1.82, 2.24) is 4.90 Å². The molecular weight excluding hydrogens is 246 g/mol. The standard InChI is InChI=1S/C17H33N3/c1-3-4-5-6-7-8-9-10-11-12-13-17-19-14-15-20(17)16(2)18/h5-6,16H,3-4,7-15,18H2,1-2H3/b6-5+. The summed E-state index contributed by atoms with van der Waals surface area (Å²) in [6.07, 6.45) is 16.3. The lowest BCUT2D eigenvalue weighted by Crippen LogP contribution is -2.41. The van der Waals surface area contributed by atoms with Gasteiger partial charge >= 0.3 is 0 Å². The van der Waals surface area contributed by atoms with E-state index < -0.39 is 0 Å². The normalized spacial score (nSPS) is 16.9. The molecule has 20 heavy (non-hydrogen) atoms. The highest BCUT2D eigenvalue weighted by molar-refractivity contribution is 5.83. The summed E-state index contributed by atoms with van der Waals surface area (Å²) >= 11 is 0. The average molecular weight is 279 g/mol. The molecule has 2 N–H and O–H groups in total. The summed E-state index contributed by atoms with van der Waals surface area (Å²) in [5.74, 6) is 1.24. The predicted octanol–water partition coefficient (Wildman–Crippen LogP) is 4.09. The minimum Gasteiger partial charge on any atom is -0.343 e. The van der Waals surface area contributed by atoms with Crippen molar-refractivity contribution in [2.45, 2.75) is 77.8 Å². The Morgan fingerprint density at radius 1 is 1.15 bits per heavy atom. The second kappa shape index (κ2) is 10.9. The van der Waals surface area contributed by atoms with Gasteiger partial charge in [-0.2, -0.15) is 0 Å². The number of hydrogen-bond donors (Lipinski definition) is 1. The molecule has 0 bridgehead atoms. The molecule has 116 valence electrons. The molecule has 1 heterocycles. The highest BCUT2D eigenvalue weighted by atomic mass is 15.3. The first-order valence-electron chi connectivity index (χ1n) is 8.46. The van der Waals surface area contributed by atoms with Crippen LogP contribution in [-0.2, 0) is 0 Å². The first-order valence-corrected chi connectivity index (χ1v) is 8.46. The van der Waals surface area contributed by atoms with Gasteiger partial charge in [-0.25, -0.2) is 0 Å². The van der Waals surface area contributed by atoms with E-state index in [0.29, 0.717) is 0 Å². The van der Waals surface area contributed by atoms with Gasteiger partial charge < -0.3 is 10.6 Å². The van der Waals surface area contributed by atoms with E-state index in [4.69, 9.17) is 5.73 Å². The Bertz CT molecular complexity index is 295. The summed E-state index contributed by atoms with van der Waals surface area (Å²) in [6, 6.07) is 0. The molecule has 0 aliphatic carbocycles. The summed E-state index contributed by atoms with van der Waals surface area (Å²) < 4.78 is 0. The van der Waals surface area contributed by atoms with Crippen LogP contribution in [0.4, 0.5) is 0 Å². The maximum absolute atomic E-state index is 5.95. The van der Waals surface area contributed by atoms with Crippen molar-refractivity contribution in [3.63, 3.8) is 0 Å². The molecule has 1 rings (SSSR count). The molecule has 3 heteroatoms. The van der Waals surface area contributed by atoms with E-state index in [9.17, 15) is 0 Å². The summed E-state index contributed by atoms with van der Waals surface area (Å²) in [4.78, 5) is 6.82. The van der Waals surface area contributed by atoms with Gasteiger partial charge in [-0.15, -0.1) is 0 Å². The number of unbranched alkanes of at least 4 members (excludes halogenated alkanes) is 6. The van der Waals surface area contributed by atoms with Gasteiger partial charge in [0.2, 0.25) is 0 Å². The number of rotatable bonds is 11. The van der Waals surface area contributed by atoms with E-state index >= 15 is 0 Å². The Morgan fingerprint density at radius 3 is 2.60 bits per heavy atom. The lowest BCUT2D eigenvalue weighted by atomic mass is 10.1. The van der Waals surface area contributed by atoms with Crippen molar-refractivity contribution in [3.8, 4) is 0 Å². The Labute approximate surface area is 125 Å². The van der Waals surface area contributed by atoms with Gasteiger partial charge in [0.05, 0.1) is 12.7 Å². The first-order chi connectivity index (χ1) is 9.75. The van der Waals surface area contributed by atoms with Crippen molar-refractivity contribution in [2.75, 3.05) is 13.1 Å². The van der Waals surface area contributed by atoms with Crippen LogP contribution >= 0.6 is 0 Å². The van der Waals surface area contributed by atoms with Crippen LogP contribution < -0.4 is 5.73 Å². The Balaban J connectivity index is 1.95. The van der Waals surface area contributed by atoms with E-state index in [-0.39, 0.29) is 6.17 Å². The number of hydrogen-bond acceptors (Lipinski definition) is 3. The predicted molar refractivity (Wildman–Crippen MR) is 89.0 cm³/mol. The molecule has 0 radical (unpaired) electrons. The van der Waals surface area contributed by atoms with Gasteiger partial charge in [0.25, 0.3) is 0 Å². The van der Waals surface area contributed by atoms with Crippen LogP contribution in [0.3, 0.4) is 0 Å². The maximum Gasteiger partial charge on any atom is 0.100 e. The molecule has 1 atom stereocenters. The molecule has 1 aliphatic heterocycles. The lowest BCUT2D eigenvalue weighted by Gasteiger charge is -2.24. The lowest BCUT2D eigenvalue weighted by molar-refractivity contribution is 0.358. The van der Waals surface area contributed by atoms with Crippen molar-refractivity contribution >= 4 is 5.84 Å². The van der Waals surface area contributed by atoms with Crippen molar-refractivity contribution in [2.24, 2.45) is 10.7 Å². The highest BCUT2D eigenvalue weighted by Crippen LogP contribution is 2.13. The van der Waals surface area contributed by atoms with Gasteiger partial charge in [-0.3, -0.25) is 4.99 Å². The molecule has 0 fully saturated rings. The van der Waals surface area contributed by atoms with Crippen LogP contribution in [0.5, 0.6) is 0 Å². The zero-order valence-electron chi connectivity index (χ0n) is 13.5. The van der Waals surface area contributed by atoms with E-state index in [0.717, 1.165) is 19.5 Å². The van der Waals surface area contributed by atoms with Crippen LogP contribution in [0.1, 0.15) is 71.6 Å². The summed E-state index contributed by atoms with van der Waals surface area (Å²) in [5.41, 5.74) is 5.95. The smallest absolute Gasteiger partial charge is 0.100 e. The minimum absolute atomic E-state index is 0.117. The van der Waals surface area contributed by atoms with E-state index in [1.54, 1.807) is 0 Å². The second-order valence-corrected chi connectivity index (χ2v) is 5.80. The third kappa shape index (κ3) is 7.09. The fourth-order valence-corrected chi connectivity index (χ4v) is 2.65. The number of allylic oxidation sites excluding steroid dienone is 2. The summed E-state index contributed by atoms with van der Waals surface area (Å²) in [6.45, 7) is 6.22. The average Bonchev–Trinajstić information content (AvgIpc) is 2.89. The topological polar surface area (TPSA) is 41.6 Å². The van der Waals surface area contributed by atoms with Crippen molar-refractivity contribution < 1.29 is 0 Å². The van der Waals surface area contributed by atoms with Gasteiger partial charge in [0.15, 0.2) is 0 Å². The fraction of sp³-hybridized carbons (Fsp3) is 0.824. The van der Waals surface area contributed by atoms with Crippen LogP contribution in [-0.4, -0.2) is 30.0 Å². The second-order valence-electron chi connectivity index (χ2n) is 5.80. The zero-order valence-corrected chi connectivity index (χ0v) is 13.5. The number of nitrogens with zero attached hydrogens (tertiary/aromatic N) is 2. The minimum atomic E-state index is 0.117. The van der Waals surface area contributed by atoms with Gasteiger partial charge in [-0.1, -0.05) is 44.8 Å². The number of aliphatic imine (C=N–C) groups is 1. The maximum atomic E-state index is 5.95. The summed E-state index contributed by atoms with van der Waals surface area (Å²) in [7, 11) is 0. The Morgan fingerprint density at radius 2 is 1.85 bits per heavy atom. The van der Waals surface area contributed by atoms with Crippen LogP contribution in [0.2, 0.25) is 0 Å². The molecule has 0 saturated carbocycles. The van der Waals surface area contributed by atoms with Gasteiger partial charge in [0.1, 0.15) is 5.84 Å². The molecule has 1 aliphatic rings. The van der Waals surface area contributed by atoms with E-state index in [1.165, 1.54) is 57.2 Å². The molecule has 1 unspecified atom stereocenters. The Hall–Kier alpha value is -0.830. The fourth-order valence-electron chi connectivity index (χ4n) is 2.65. The summed E-state index contributed by atoms with van der Waals surface area (Å²) in [5, 5.41) is 0. The monoisotopic (exact) mass is 279 g/mol. The van der Waals surface area contributed by atoms with Crippen molar-refractivity contribution in [3.05, 3.63) is 12.2 Å². The SMILES string of the molecule is CCC/C=C/CCCCCCCC1=NCCN1C(C)N. The third-order valence-electron chi connectivity index (χ3n) is 3.85. The molecule has 0 aromatic carbocycles. The van der Waals surface area contributed by atoms with Crippen LogP contribution in [0.15, 0.2) is 17.1 Å². The van der Waals surface area contributed by atoms with Crippen molar-refractivity contribution in [1.29, 1.82) is 0 Å². The molecular formula is C17H33N3. The molecule has 0 aromatic heterocycles. The van der Waals surface area contributed by atoms with Crippen LogP contribution in [0, 0.1) is 0 Å². The van der Waals surface area contributed by atoms with E-state index in [1.807, 2.05) is 6.92 Å². The van der Waals surface area contributed by atoms with E-state index in [2.05, 4.69) is 29.0 Å².